The third-order valence-electron chi connectivity index (χ3n) is 4.35. The third kappa shape index (κ3) is 2.27. The minimum Gasteiger partial charge on any atom is -0.352 e. The molecule has 0 aromatic carbocycles. The lowest BCUT2D eigenvalue weighted by atomic mass is 10.2. The van der Waals surface area contributed by atoms with E-state index < -0.39 is 0 Å². The molecule has 0 unspecified atom stereocenters. The van der Waals surface area contributed by atoms with Gasteiger partial charge < -0.3 is 9.80 Å². The average Bonchev–Trinajstić information content (AvgIpc) is 3.31. The number of carbonyl (C=O) groups excluding carboxylic acids is 1. The van der Waals surface area contributed by atoms with Gasteiger partial charge in [0.15, 0.2) is 0 Å². The van der Waals surface area contributed by atoms with Crippen LogP contribution in [0.5, 0.6) is 0 Å². The smallest absolute Gasteiger partial charge is 0.225 e. The van der Waals surface area contributed by atoms with E-state index in [1.807, 2.05) is 4.90 Å². The van der Waals surface area contributed by atoms with Gasteiger partial charge in [0.2, 0.25) is 5.91 Å². The van der Waals surface area contributed by atoms with Crippen molar-refractivity contribution in [2.24, 2.45) is 5.92 Å². The Morgan fingerprint density at radius 1 is 1.24 bits per heavy atom. The lowest BCUT2D eigenvalue weighted by molar-refractivity contribution is -0.132. The summed E-state index contributed by atoms with van der Waals surface area (Å²) in [5.41, 5.74) is 1.24. The molecule has 5 nitrogen and oxygen atoms in total. The number of anilines is 1. The first-order valence-electron chi connectivity index (χ1n) is 7.46. The lowest BCUT2D eigenvalue weighted by Gasteiger charge is -2.35. The van der Waals surface area contributed by atoms with Crippen molar-refractivity contribution < 1.29 is 4.79 Å². The molecule has 4 rings (SSSR count). The molecule has 0 N–H and O–H groups in total. The van der Waals surface area contributed by atoms with Gasteiger partial charge in [-0.25, -0.2) is 9.97 Å². The summed E-state index contributed by atoms with van der Waals surface area (Å²) in [5.74, 6) is 1.70. The highest BCUT2D eigenvalue weighted by Crippen LogP contribution is 2.33. The number of amides is 1. The van der Waals surface area contributed by atoms with Gasteiger partial charge in [-0.15, -0.1) is 11.3 Å². The number of thiophene rings is 1. The Morgan fingerprint density at radius 2 is 2.00 bits per heavy atom. The Bertz CT molecular complexity index is 686. The molecular weight excluding hydrogens is 284 g/mol. The van der Waals surface area contributed by atoms with Gasteiger partial charge in [-0.2, -0.15) is 0 Å². The van der Waals surface area contributed by atoms with Gasteiger partial charge in [0.1, 0.15) is 17.0 Å². The normalized spacial score (nSPS) is 19.3. The van der Waals surface area contributed by atoms with E-state index in [-0.39, 0.29) is 0 Å². The van der Waals surface area contributed by atoms with Crippen LogP contribution in [0.1, 0.15) is 18.4 Å². The number of piperazine rings is 1. The Hall–Kier alpha value is -1.69. The van der Waals surface area contributed by atoms with Crippen LogP contribution in [0.15, 0.2) is 11.7 Å². The number of hydrogen-bond acceptors (Lipinski definition) is 5. The molecule has 2 fully saturated rings. The standard InChI is InChI=1S/C15H18N4OS/c1-10-8-21-14-12(10)13(16-9-17-14)18-4-6-19(7-5-18)15(20)11-2-3-11/h8-9,11H,2-7H2,1H3. The molecule has 21 heavy (non-hydrogen) atoms. The summed E-state index contributed by atoms with van der Waals surface area (Å²) < 4.78 is 0. The molecule has 2 aromatic heterocycles. The van der Waals surface area contributed by atoms with Crippen molar-refractivity contribution >= 4 is 33.3 Å². The van der Waals surface area contributed by atoms with Gasteiger partial charge in [0.05, 0.1) is 5.39 Å². The van der Waals surface area contributed by atoms with Crippen molar-refractivity contribution in [3.63, 3.8) is 0 Å². The maximum absolute atomic E-state index is 12.1. The van der Waals surface area contributed by atoms with E-state index in [1.165, 1.54) is 10.9 Å². The second kappa shape index (κ2) is 4.94. The first-order chi connectivity index (χ1) is 10.2. The molecule has 6 heteroatoms. The second-order valence-electron chi connectivity index (χ2n) is 5.88. The molecule has 1 amide bonds. The molecule has 2 aliphatic rings. The molecule has 3 heterocycles. The summed E-state index contributed by atoms with van der Waals surface area (Å²) >= 11 is 1.67. The highest BCUT2D eigenvalue weighted by atomic mass is 32.1. The quantitative estimate of drug-likeness (QED) is 0.852. The van der Waals surface area contributed by atoms with Gasteiger partial charge in [0.25, 0.3) is 0 Å². The van der Waals surface area contributed by atoms with Crippen LogP contribution in [0, 0.1) is 12.8 Å². The van der Waals surface area contributed by atoms with Crippen molar-refractivity contribution in [1.82, 2.24) is 14.9 Å². The first-order valence-corrected chi connectivity index (χ1v) is 8.34. The van der Waals surface area contributed by atoms with Crippen molar-refractivity contribution in [2.75, 3.05) is 31.1 Å². The van der Waals surface area contributed by atoms with Crippen molar-refractivity contribution in [3.05, 3.63) is 17.3 Å². The molecule has 1 aliphatic carbocycles. The Balaban J connectivity index is 1.54. The molecule has 0 radical (unpaired) electrons. The molecule has 0 bridgehead atoms. The van der Waals surface area contributed by atoms with Crippen LogP contribution in [0.2, 0.25) is 0 Å². The zero-order valence-corrected chi connectivity index (χ0v) is 12.9. The van der Waals surface area contributed by atoms with Gasteiger partial charge in [-0.1, -0.05) is 0 Å². The number of rotatable bonds is 2. The number of aryl methyl sites for hydroxylation is 1. The van der Waals surface area contributed by atoms with Crippen LogP contribution in [0.25, 0.3) is 10.2 Å². The molecule has 1 aliphatic heterocycles. The van der Waals surface area contributed by atoms with Crippen molar-refractivity contribution in [3.8, 4) is 0 Å². The molecule has 0 spiro atoms. The lowest BCUT2D eigenvalue weighted by Crippen LogP contribution is -2.49. The minimum atomic E-state index is 0.321. The molecule has 1 saturated carbocycles. The highest BCUT2D eigenvalue weighted by molar-refractivity contribution is 7.17. The van der Waals surface area contributed by atoms with Gasteiger partial charge in [-0.3, -0.25) is 4.79 Å². The Kier molecular flexibility index (Phi) is 3.06. The van der Waals surface area contributed by atoms with Crippen LogP contribution in [-0.4, -0.2) is 47.0 Å². The van der Waals surface area contributed by atoms with E-state index in [9.17, 15) is 4.79 Å². The number of nitrogens with zero attached hydrogens (tertiary/aromatic N) is 4. The molecule has 0 atom stereocenters. The number of fused-ring (bicyclic) bond motifs is 1. The van der Waals surface area contributed by atoms with E-state index in [0.29, 0.717) is 11.8 Å². The maximum atomic E-state index is 12.1. The zero-order valence-electron chi connectivity index (χ0n) is 12.1. The second-order valence-corrected chi connectivity index (χ2v) is 6.74. The molecule has 2 aromatic rings. The van der Waals surface area contributed by atoms with E-state index in [2.05, 4.69) is 27.2 Å². The zero-order chi connectivity index (χ0) is 14.4. The fourth-order valence-electron chi connectivity index (χ4n) is 2.97. The summed E-state index contributed by atoms with van der Waals surface area (Å²) in [6, 6.07) is 0. The van der Waals surface area contributed by atoms with Crippen LogP contribution >= 0.6 is 11.3 Å². The monoisotopic (exact) mass is 302 g/mol. The van der Waals surface area contributed by atoms with Crippen LogP contribution < -0.4 is 4.90 Å². The predicted molar refractivity (Wildman–Crippen MR) is 83.7 cm³/mol. The minimum absolute atomic E-state index is 0.321. The summed E-state index contributed by atoms with van der Waals surface area (Å²) in [5, 5.41) is 3.31. The SMILES string of the molecule is Cc1csc2ncnc(N3CCN(C(=O)C4CC4)CC3)c12. The van der Waals surface area contributed by atoms with Gasteiger partial charge >= 0.3 is 0 Å². The predicted octanol–water partition coefficient (Wildman–Crippen LogP) is 2.06. The number of hydrogen-bond donors (Lipinski definition) is 0. The fraction of sp³-hybridized carbons (Fsp3) is 0.533. The number of aromatic nitrogens is 2. The third-order valence-corrected chi connectivity index (χ3v) is 5.36. The highest BCUT2D eigenvalue weighted by Gasteiger charge is 2.34. The Morgan fingerprint density at radius 3 is 2.71 bits per heavy atom. The summed E-state index contributed by atoms with van der Waals surface area (Å²) in [4.78, 5) is 26.3. The summed E-state index contributed by atoms with van der Waals surface area (Å²) in [7, 11) is 0. The molecule has 110 valence electrons. The largest absolute Gasteiger partial charge is 0.352 e. The topological polar surface area (TPSA) is 49.3 Å². The average molecular weight is 302 g/mol. The number of carbonyl (C=O) groups is 1. The maximum Gasteiger partial charge on any atom is 0.225 e. The van der Waals surface area contributed by atoms with E-state index in [0.717, 1.165) is 49.7 Å². The van der Waals surface area contributed by atoms with Crippen molar-refractivity contribution in [2.45, 2.75) is 19.8 Å². The van der Waals surface area contributed by atoms with Crippen LogP contribution in [0.3, 0.4) is 0 Å². The van der Waals surface area contributed by atoms with Crippen molar-refractivity contribution in [1.29, 1.82) is 0 Å². The fourth-order valence-corrected chi connectivity index (χ4v) is 3.85. The van der Waals surface area contributed by atoms with Crippen LogP contribution in [0.4, 0.5) is 5.82 Å². The summed E-state index contributed by atoms with van der Waals surface area (Å²) in [6.45, 7) is 5.45. The van der Waals surface area contributed by atoms with E-state index in [1.54, 1.807) is 17.7 Å². The molecular formula is C15H18N4OS. The van der Waals surface area contributed by atoms with E-state index >= 15 is 0 Å². The molecule has 1 saturated heterocycles. The van der Waals surface area contributed by atoms with Crippen LogP contribution in [-0.2, 0) is 4.79 Å². The first kappa shape index (κ1) is 13.0. The van der Waals surface area contributed by atoms with Gasteiger partial charge in [0, 0.05) is 32.1 Å². The van der Waals surface area contributed by atoms with E-state index in [4.69, 9.17) is 0 Å². The van der Waals surface area contributed by atoms with Gasteiger partial charge in [-0.05, 0) is 30.7 Å². The Labute approximate surface area is 127 Å². The summed E-state index contributed by atoms with van der Waals surface area (Å²) in [6.07, 6.45) is 3.81.